The number of halogens is 1. The molecule has 0 bridgehead atoms. The third-order valence-corrected chi connectivity index (χ3v) is 3.02. The van der Waals surface area contributed by atoms with E-state index >= 15 is 0 Å². The summed E-state index contributed by atoms with van der Waals surface area (Å²) in [6.07, 6.45) is 0.629. The highest BCUT2D eigenvalue weighted by Gasteiger charge is 2.12. The van der Waals surface area contributed by atoms with E-state index in [0.29, 0.717) is 6.42 Å². The van der Waals surface area contributed by atoms with E-state index in [4.69, 9.17) is 11.6 Å². The molecule has 1 rings (SSSR count). The van der Waals surface area contributed by atoms with Gasteiger partial charge in [0.1, 0.15) is 5.78 Å². The largest absolute Gasteiger partial charge is 0.298 e. The first-order chi connectivity index (χ1) is 6.52. The number of aryl methyl sites for hydroxylation is 1. The predicted octanol–water partition coefficient (Wildman–Crippen LogP) is 3.04. The van der Waals surface area contributed by atoms with Crippen molar-refractivity contribution in [3.63, 3.8) is 0 Å². The summed E-state index contributed by atoms with van der Waals surface area (Å²) in [4.78, 5) is 11.0. The first kappa shape index (κ1) is 11.3. The van der Waals surface area contributed by atoms with Crippen molar-refractivity contribution in [2.45, 2.75) is 32.6 Å². The lowest BCUT2D eigenvalue weighted by Crippen LogP contribution is -2.14. The molecule has 1 aromatic rings. The van der Waals surface area contributed by atoms with Crippen LogP contribution in [0, 0.1) is 13.8 Å². The molecule has 0 aliphatic carbocycles. The topological polar surface area (TPSA) is 17.1 Å². The molecule has 0 N–H and O–H groups in total. The fourth-order valence-corrected chi connectivity index (χ4v) is 1.54. The zero-order chi connectivity index (χ0) is 10.7. The molecule has 0 amide bonds. The van der Waals surface area contributed by atoms with E-state index in [-0.39, 0.29) is 5.78 Å². The van der Waals surface area contributed by atoms with E-state index in [0.717, 1.165) is 0 Å². The van der Waals surface area contributed by atoms with Crippen molar-refractivity contribution in [1.82, 2.24) is 0 Å². The molecule has 0 saturated carbocycles. The molecule has 0 aromatic heterocycles. The van der Waals surface area contributed by atoms with Crippen LogP contribution < -0.4 is 0 Å². The first-order valence-electron chi connectivity index (χ1n) is 4.72. The van der Waals surface area contributed by atoms with Gasteiger partial charge in [0.15, 0.2) is 0 Å². The van der Waals surface area contributed by atoms with E-state index in [1.165, 1.54) is 23.6 Å². The number of hydrogen-bond acceptors (Lipinski definition) is 1. The summed E-state index contributed by atoms with van der Waals surface area (Å²) < 4.78 is 0. The molecule has 0 heterocycles. The second-order valence-electron chi connectivity index (χ2n) is 3.64. The number of carbonyl (C=O) groups excluding carboxylic acids is 1. The summed E-state index contributed by atoms with van der Waals surface area (Å²) in [6, 6.07) is 6.10. The standard InChI is InChI=1S/C12H15ClO/c1-8-5-4-6-11(9(8)2)7-12(13)10(3)14/h4-6,12H,7H2,1-3H3. The number of hydrogen-bond donors (Lipinski definition) is 0. The van der Waals surface area contributed by atoms with Crippen molar-refractivity contribution in [2.24, 2.45) is 0 Å². The second kappa shape index (κ2) is 4.61. The molecule has 0 saturated heterocycles. The van der Waals surface area contributed by atoms with E-state index in [9.17, 15) is 4.79 Å². The molecule has 0 spiro atoms. The summed E-state index contributed by atoms with van der Waals surface area (Å²) in [5, 5.41) is -0.393. The van der Waals surface area contributed by atoms with Gasteiger partial charge in [-0.15, -0.1) is 11.6 Å². The number of carbonyl (C=O) groups is 1. The molecule has 0 radical (unpaired) electrons. The zero-order valence-electron chi connectivity index (χ0n) is 8.80. The Labute approximate surface area is 90.1 Å². The van der Waals surface area contributed by atoms with Crippen molar-refractivity contribution in [2.75, 3.05) is 0 Å². The fourth-order valence-electron chi connectivity index (χ4n) is 1.37. The Balaban J connectivity index is 2.87. The Morgan fingerprint density at radius 3 is 2.64 bits per heavy atom. The third-order valence-electron chi connectivity index (χ3n) is 2.56. The normalized spacial score (nSPS) is 12.6. The molecule has 14 heavy (non-hydrogen) atoms. The van der Waals surface area contributed by atoms with Crippen LogP contribution in [-0.4, -0.2) is 11.2 Å². The molecular weight excluding hydrogens is 196 g/mol. The monoisotopic (exact) mass is 210 g/mol. The highest BCUT2D eigenvalue weighted by molar-refractivity contribution is 6.30. The summed E-state index contributed by atoms with van der Waals surface area (Å²) >= 11 is 5.93. The smallest absolute Gasteiger partial charge is 0.147 e. The molecule has 1 aromatic carbocycles. The minimum atomic E-state index is -0.393. The zero-order valence-corrected chi connectivity index (χ0v) is 9.56. The maximum absolute atomic E-state index is 11.0. The van der Waals surface area contributed by atoms with Crippen LogP contribution in [0.15, 0.2) is 18.2 Å². The molecule has 0 fully saturated rings. The maximum Gasteiger partial charge on any atom is 0.147 e. The van der Waals surface area contributed by atoms with Crippen molar-refractivity contribution in [1.29, 1.82) is 0 Å². The van der Waals surface area contributed by atoms with Gasteiger partial charge in [0, 0.05) is 0 Å². The van der Waals surface area contributed by atoms with E-state index < -0.39 is 5.38 Å². The lowest BCUT2D eigenvalue weighted by molar-refractivity contribution is -0.116. The van der Waals surface area contributed by atoms with Crippen LogP contribution in [0.3, 0.4) is 0 Å². The van der Waals surface area contributed by atoms with Crippen molar-refractivity contribution < 1.29 is 4.79 Å². The predicted molar refractivity (Wildman–Crippen MR) is 59.9 cm³/mol. The third kappa shape index (κ3) is 2.58. The molecule has 76 valence electrons. The average Bonchev–Trinajstić information content (AvgIpc) is 2.12. The Bertz CT molecular complexity index is 344. The van der Waals surface area contributed by atoms with Crippen LogP contribution in [0.5, 0.6) is 0 Å². The highest BCUT2D eigenvalue weighted by atomic mass is 35.5. The van der Waals surface area contributed by atoms with E-state index in [1.807, 2.05) is 12.1 Å². The van der Waals surface area contributed by atoms with Crippen LogP contribution >= 0.6 is 11.6 Å². The van der Waals surface area contributed by atoms with Crippen molar-refractivity contribution in [3.8, 4) is 0 Å². The first-order valence-corrected chi connectivity index (χ1v) is 5.15. The van der Waals surface area contributed by atoms with Gasteiger partial charge in [-0.25, -0.2) is 0 Å². The van der Waals surface area contributed by atoms with Crippen LogP contribution in [0.25, 0.3) is 0 Å². The molecule has 1 nitrogen and oxygen atoms in total. The van der Waals surface area contributed by atoms with Gasteiger partial charge >= 0.3 is 0 Å². The van der Waals surface area contributed by atoms with Gasteiger partial charge in [-0.05, 0) is 43.9 Å². The molecule has 0 aliphatic heterocycles. The van der Waals surface area contributed by atoms with Crippen LogP contribution in [0.1, 0.15) is 23.6 Å². The molecular formula is C12H15ClO. The number of benzene rings is 1. The van der Waals surface area contributed by atoms with E-state index in [2.05, 4.69) is 19.9 Å². The van der Waals surface area contributed by atoms with Crippen molar-refractivity contribution >= 4 is 17.4 Å². The van der Waals surface area contributed by atoms with Gasteiger partial charge in [0.2, 0.25) is 0 Å². The van der Waals surface area contributed by atoms with Gasteiger partial charge in [-0.3, -0.25) is 4.79 Å². The highest BCUT2D eigenvalue weighted by Crippen LogP contribution is 2.16. The van der Waals surface area contributed by atoms with Crippen LogP contribution in [0.2, 0.25) is 0 Å². The van der Waals surface area contributed by atoms with Gasteiger partial charge in [0.25, 0.3) is 0 Å². The second-order valence-corrected chi connectivity index (χ2v) is 4.17. The van der Waals surface area contributed by atoms with Crippen LogP contribution in [-0.2, 0) is 11.2 Å². The average molecular weight is 211 g/mol. The quantitative estimate of drug-likeness (QED) is 0.701. The minimum absolute atomic E-state index is 0.0348. The van der Waals surface area contributed by atoms with E-state index in [1.54, 1.807) is 0 Å². The Morgan fingerprint density at radius 1 is 1.43 bits per heavy atom. The number of rotatable bonds is 3. The Morgan fingerprint density at radius 2 is 2.07 bits per heavy atom. The number of alkyl halides is 1. The summed E-state index contributed by atoms with van der Waals surface area (Å²) in [5.74, 6) is 0.0348. The van der Waals surface area contributed by atoms with Crippen molar-refractivity contribution in [3.05, 3.63) is 34.9 Å². The molecule has 0 aliphatic rings. The lowest BCUT2D eigenvalue weighted by atomic mass is 9.99. The minimum Gasteiger partial charge on any atom is -0.298 e. The maximum atomic E-state index is 11.0. The number of ketones is 1. The number of Topliss-reactive ketones (excluding diaryl/α,β-unsaturated/α-hetero) is 1. The summed E-state index contributed by atoms with van der Waals surface area (Å²) in [5.41, 5.74) is 3.65. The Hall–Kier alpha value is -0.820. The van der Waals surface area contributed by atoms with Gasteiger partial charge in [-0.2, -0.15) is 0 Å². The molecule has 2 heteroatoms. The van der Waals surface area contributed by atoms with Crippen LogP contribution in [0.4, 0.5) is 0 Å². The van der Waals surface area contributed by atoms with Gasteiger partial charge in [0.05, 0.1) is 5.38 Å². The van der Waals surface area contributed by atoms with Gasteiger partial charge < -0.3 is 0 Å². The summed E-state index contributed by atoms with van der Waals surface area (Å²) in [6.45, 7) is 5.66. The van der Waals surface area contributed by atoms with Gasteiger partial charge in [-0.1, -0.05) is 18.2 Å². The fraction of sp³-hybridized carbons (Fsp3) is 0.417. The molecule has 1 atom stereocenters. The molecule has 1 unspecified atom stereocenters. The Kier molecular flexibility index (Phi) is 3.70. The summed E-state index contributed by atoms with van der Waals surface area (Å²) in [7, 11) is 0. The lowest BCUT2D eigenvalue weighted by Gasteiger charge is -2.10. The SMILES string of the molecule is CC(=O)C(Cl)Cc1cccc(C)c1C.